The van der Waals surface area contributed by atoms with Crippen LogP contribution in [0.2, 0.25) is 0 Å². The lowest BCUT2D eigenvalue weighted by Crippen LogP contribution is -2.31. The van der Waals surface area contributed by atoms with Crippen molar-refractivity contribution in [2.75, 3.05) is 6.54 Å². The van der Waals surface area contributed by atoms with Crippen LogP contribution in [0.4, 0.5) is 0 Å². The molecule has 3 nitrogen and oxygen atoms in total. The summed E-state index contributed by atoms with van der Waals surface area (Å²) in [5.74, 6) is 0.0549. The van der Waals surface area contributed by atoms with Gasteiger partial charge in [-0.2, -0.15) is 0 Å². The summed E-state index contributed by atoms with van der Waals surface area (Å²) < 4.78 is 0. The second-order valence-corrected chi connectivity index (χ2v) is 4.84. The highest BCUT2D eigenvalue weighted by atomic mass is 16.1. The molecule has 0 saturated carbocycles. The number of nitrogens with two attached hydrogens (primary N) is 1. The zero-order chi connectivity index (χ0) is 10.5. The first-order chi connectivity index (χ1) is 5.81. The third-order valence-electron chi connectivity index (χ3n) is 1.70. The molecular formula is C10H22N2O. The van der Waals surface area contributed by atoms with Crippen molar-refractivity contribution in [1.29, 1.82) is 0 Å². The van der Waals surface area contributed by atoms with E-state index < -0.39 is 0 Å². The van der Waals surface area contributed by atoms with Gasteiger partial charge in [0.25, 0.3) is 0 Å². The normalized spacial score (nSPS) is 13.9. The summed E-state index contributed by atoms with van der Waals surface area (Å²) >= 11 is 0. The highest BCUT2D eigenvalue weighted by molar-refractivity contribution is 5.76. The van der Waals surface area contributed by atoms with Crippen LogP contribution in [0.5, 0.6) is 0 Å². The number of nitrogens with one attached hydrogen (secondary N) is 1. The Morgan fingerprint density at radius 2 is 2.00 bits per heavy atom. The molecular weight excluding hydrogens is 164 g/mol. The Balaban J connectivity index is 3.49. The van der Waals surface area contributed by atoms with Gasteiger partial charge in [-0.25, -0.2) is 0 Å². The standard InChI is InChI=1S/C10H22N2O/c1-8(11)7-9(13)12-6-5-10(2,3)4/h8H,5-7,11H2,1-4H3,(H,12,13). The summed E-state index contributed by atoms with van der Waals surface area (Å²) in [5.41, 5.74) is 5.77. The molecule has 1 amide bonds. The van der Waals surface area contributed by atoms with Crippen LogP contribution in [-0.2, 0) is 4.79 Å². The molecule has 0 aromatic rings. The first-order valence-corrected chi connectivity index (χ1v) is 4.83. The van der Waals surface area contributed by atoms with Crippen molar-refractivity contribution in [2.45, 2.75) is 46.6 Å². The van der Waals surface area contributed by atoms with Gasteiger partial charge in [-0.3, -0.25) is 4.79 Å². The smallest absolute Gasteiger partial charge is 0.221 e. The quantitative estimate of drug-likeness (QED) is 0.695. The van der Waals surface area contributed by atoms with Gasteiger partial charge in [0.15, 0.2) is 0 Å². The maximum absolute atomic E-state index is 11.1. The molecule has 0 bridgehead atoms. The molecule has 0 aromatic carbocycles. The summed E-state index contributed by atoms with van der Waals surface area (Å²) in [6, 6.07) is -0.0466. The largest absolute Gasteiger partial charge is 0.356 e. The van der Waals surface area contributed by atoms with Crippen LogP contribution < -0.4 is 11.1 Å². The molecule has 0 aliphatic carbocycles. The zero-order valence-electron chi connectivity index (χ0n) is 9.18. The van der Waals surface area contributed by atoms with Crippen LogP contribution in [0, 0.1) is 5.41 Å². The predicted molar refractivity (Wildman–Crippen MR) is 55.3 cm³/mol. The van der Waals surface area contributed by atoms with E-state index in [0.29, 0.717) is 6.42 Å². The van der Waals surface area contributed by atoms with Crippen LogP contribution in [0.3, 0.4) is 0 Å². The molecule has 1 atom stereocenters. The lowest BCUT2D eigenvalue weighted by atomic mass is 9.92. The molecule has 3 N–H and O–H groups in total. The monoisotopic (exact) mass is 186 g/mol. The maximum Gasteiger partial charge on any atom is 0.221 e. The van der Waals surface area contributed by atoms with E-state index in [-0.39, 0.29) is 17.4 Å². The summed E-state index contributed by atoms with van der Waals surface area (Å²) in [7, 11) is 0. The van der Waals surface area contributed by atoms with Crippen LogP contribution >= 0.6 is 0 Å². The highest BCUT2D eigenvalue weighted by Crippen LogP contribution is 2.16. The maximum atomic E-state index is 11.1. The minimum atomic E-state index is -0.0466. The first kappa shape index (κ1) is 12.4. The van der Waals surface area contributed by atoms with Crippen molar-refractivity contribution in [3.8, 4) is 0 Å². The minimum absolute atomic E-state index is 0.0466. The fourth-order valence-corrected chi connectivity index (χ4v) is 0.942. The Morgan fingerprint density at radius 1 is 1.46 bits per heavy atom. The molecule has 0 heterocycles. The predicted octanol–water partition coefficient (Wildman–Crippen LogP) is 1.28. The van der Waals surface area contributed by atoms with E-state index in [0.717, 1.165) is 13.0 Å². The van der Waals surface area contributed by atoms with E-state index in [2.05, 4.69) is 26.1 Å². The molecule has 0 aromatic heterocycles. The average Bonchev–Trinajstić information content (AvgIpc) is 1.81. The van der Waals surface area contributed by atoms with Crippen molar-refractivity contribution >= 4 is 5.91 Å². The third-order valence-corrected chi connectivity index (χ3v) is 1.70. The molecule has 1 unspecified atom stereocenters. The van der Waals surface area contributed by atoms with E-state index in [1.54, 1.807) is 0 Å². The van der Waals surface area contributed by atoms with Gasteiger partial charge in [0.2, 0.25) is 5.91 Å². The van der Waals surface area contributed by atoms with Crippen molar-refractivity contribution in [2.24, 2.45) is 11.1 Å². The molecule has 0 fully saturated rings. The van der Waals surface area contributed by atoms with Gasteiger partial charge in [0.1, 0.15) is 0 Å². The van der Waals surface area contributed by atoms with Crippen LogP contribution in [-0.4, -0.2) is 18.5 Å². The van der Waals surface area contributed by atoms with Gasteiger partial charge in [-0.15, -0.1) is 0 Å². The summed E-state index contributed by atoms with van der Waals surface area (Å²) in [6.07, 6.45) is 1.42. The molecule has 0 saturated heterocycles. The Morgan fingerprint density at radius 3 is 2.38 bits per heavy atom. The van der Waals surface area contributed by atoms with Crippen molar-refractivity contribution in [1.82, 2.24) is 5.32 Å². The highest BCUT2D eigenvalue weighted by Gasteiger charge is 2.10. The number of rotatable bonds is 4. The minimum Gasteiger partial charge on any atom is -0.356 e. The van der Waals surface area contributed by atoms with Gasteiger partial charge >= 0.3 is 0 Å². The first-order valence-electron chi connectivity index (χ1n) is 4.83. The Bertz CT molecular complexity index is 159. The number of hydrogen-bond acceptors (Lipinski definition) is 2. The van der Waals surface area contributed by atoms with E-state index >= 15 is 0 Å². The second kappa shape index (κ2) is 5.22. The van der Waals surface area contributed by atoms with Crippen molar-refractivity contribution in [3.63, 3.8) is 0 Å². The van der Waals surface area contributed by atoms with E-state index in [1.807, 2.05) is 6.92 Å². The Hall–Kier alpha value is -0.570. The lowest BCUT2D eigenvalue weighted by molar-refractivity contribution is -0.121. The van der Waals surface area contributed by atoms with Crippen LogP contribution in [0.15, 0.2) is 0 Å². The van der Waals surface area contributed by atoms with E-state index in [9.17, 15) is 4.79 Å². The third kappa shape index (κ3) is 9.34. The molecule has 0 radical (unpaired) electrons. The molecule has 78 valence electrons. The fraction of sp³-hybridized carbons (Fsp3) is 0.900. The van der Waals surface area contributed by atoms with Gasteiger partial charge in [0.05, 0.1) is 0 Å². The van der Waals surface area contributed by atoms with Gasteiger partial charge in [-0.1, -0.05) is 20.8 Å². The van der Waals surface area contributed by atoms with Crippen LogP contribution in [0.1, 0.15) is 40.5 Å². The van der Waals surface area contributed by atoms with Crippen LogP contribution in [0.25, 0.3) is 0 Å². The summed E-state index contributed by atoms with van der Waals surface area (Å²) in [5, 5.41) is 2.85. The SMILES string of the molecule is CC(N)CC(=O)NCCC(C)(C)C. The Labute approximate surface area is 81.1 Å². The molecule has 0 rings (SSSR count). The lowest BCUT2D eigenvalue weighted by Gasteiger charge is -2.18. The number of hydrogen-bond donors (Lipinski definition) is 2. The Kier molecular flexibility index (Phi) is 4.99. The van der Waals surface area contributed by atoms with Crippen molar-refractivity contribution < 1.29 is 4.79 Å². The summed E-state index contributed by atoms with van der Waals surface area (Å²) in [4.78, 5) is 11.1. The summed E-state index contributed by atoms with van der Waals surface area (Å²) in [6.45, 7) is 9.05. The van der Waals surface area contributed by atoms with E-state index in [1.165, 1.54) is 0 Å². The van der Waals surface area contributed by atoms with Crippen molar-refractivity contribution in [3.05, 3.63) is 0 Å². The average molecular weight is 186 g/mol. The number of amides is 1. The molecule has 0 aliphatic rings. The molecule has 13 heavy (non-hydrogen) atoms. The molecule has 0 aliphatic heterocycles. The topological polar surface area (TPSA) is 55.1 Å². The number of carbonyl (C=O) groups is 1. The van der Waals surface area contributed by atoms with Gasteiger partial charge in [-0.05, 0) is 18.8 Å². The molecule has 3 heteroatoms. The zero-order valence-corrected chi connectivity index (χ0v) is 9.18. The molecule has 0 spiro atoms. The van der Waals surface area contributed by atoms with E-state index in [4.69, 9.17) is 5.73 Å². The second-order valence-electron chi connectivity index (χ2n) is 4.84. The number of carbonyl (C=O) groups excluding carboxylic acids is 1. The van der Waals surface area contributed by atoms with Gasteiger partial charge in [0, 0.05) is 19.0 Å². The fourth-order valence-electron chi connectivity index (χ4n) is 0.942. The van der Waals surface area contributed by atoms with Gasteiger partial charge < -0.3 is 11.1 Å².